The lowest BCUT2D eigenvalue weighted by Crippen LogP contribution is -2.45. The van der Waals surface area contributed by atoms with Crippen molar-refractivity contribution in [2.24, 2.45) is 5.92 Å². The first kappa shape index (κ1) is 34.9. The van der Waals surface area contributed by atoms with Crippen molar-refractivity contribution < 1.29 is 23.9 Å². The van der Waals surface area contributed by atoms with E-state index in [-0.39, 0.29) is 12.4 Å². The molecule has 0 aliphatic carbocycles. The highest BCUT2D eigenvalue weighted by atomic mass is 16.5. The van der Waals surface area contributed by atoms with E-state index >= 15 is 0 Å². The van der Waals surface area contributed by atoms with Gasteiger partial charge in [-0.2, -0.15) is 0 Å². The number of rotatable bonds is 26. The number of carbonyl (C=O) groups is 2. The quantitative estimate of drug-likeness (QED) is 0.0699. The molecule has 0 aromatic heterocycles. The van der Waals surface area contributed by atoms with E-state index in [1.54, 1.807) is 0 Å². The number of aliphatic carboxylic acids is 1. The topological polar surface area (TPSA) is 66.4 Å². The zero-order chi connectivity index (χ0) is 27.1. The second-order valence-electron chi connectivity index (χ2n) is 12.3. The number of quaternary nitrogens is 1. The fourth-order valence-electron chi connectivity index (χ4n) is 4.96. The molecule has 0 spiro atoms. The highest BCUT2D eigenvalue weighted by Crippen LogP contribution is 2.19. The van der Waals surface area contributed by atoms with Gasteiger partial charge in [-0.05, 0) is 12.3 Å². The number of esters is 1. The van der Waals surface area contributed by atoms with Gasteiger partial charge in [-0.25, -0.2) is 0 Å². The Morgan fingerprint density at radius 3 is 1.53 bits per heavy atom. The van der Waals surface area contributed by atoms with Crippen LogP contribution in [0.2, 0.25) is 0 Å². The molecule has 0 fully saturated rings. The molecular formula is C31H61NO4. The Balaban J connectivity index is 3.54. The van der Waals surface area contributed by atoms with Gasteiger partial charge in [0.2, 0.25) is 0 Å². The fraction of sp³-hybridized carbons (Fsp3) is 0.935. The molecule has 5 nitrogen and oxygen atoms in total. The summed E-state index contributed by atoms with van der Waals surface area (Å²) in [6.45, 7) is 5.18. The van der Waals surface area contributed by atoms with Crippen molar-refractivity contribution in [3.05, 3.63) is 0 Å². The second kappa shape index (κ2) is 23.0. The Hall–Kier alpha value is -1.10. The van der Waals surface area contributed by atoms with E-state index in [0.29, 0.717) is 17.4 Å². The van der Waals surface area contributed by atoms with Gasteiger partial charge >= 0.3 is 5.97 Å². The lowest BCUT2D eigenvalue weighted by molar-refractivity contribution is -0.873. The predicted octanol–water partition coefficient (Wildman–Crippen LogP) is 7.20. The number of hydrogen-bond donors (Lipinski definition) is 0. The van der Waals surface area contributed by atoms with Gasteiger partial charge in [0.05, 0.1) is 21.1 Å². The summed E-state index contributed by atoms with van der Waals surface area (Å²) in [5.74, 6) is -0.580. The zero-order valence-electron chi connectivity index (χ0n) is 24.8. The van der Waals surface area contributed by atoms with Gasteiger partial charge in [0, 0.05) is 18.8 Å². The molecule has 0 aromatic carbocycles. The van der Waals surface area contributed by atoms with Gasteiger partial charge in [0.15, 0.2) is 6.10 Å². The molecular weight excluding hydrogens is 450 g/mol. The van der Waals surface area contributed by atoms with Crippen LogP contribution in [0.3, 0.4) is 0 Å². The molecule has 0 heterocycles. The largest absolute Gasteiger partial charge is 0.550 e. The molecule has 0 rings (SSSR count). The molecule has 0 aliphatic heterocycles. The maximum Gasteiger partial charge on any atom is 0.306 e. The van der Waals surface area contributed by atoms with Crippen molar-refractivity contribution in [2.45, 2.75) is 155 Å². The molecule has 0 radical (unpaired) electrons. The summed E-state index contributed by atoms with van der Waals surface area (Å²) in [5, 5.41) is 10.9. The Morgan fingerprint density at radius 1 is 0.694 bits per heavy atom. The Labute approximate surface area is 224 Å². The first-order valence-electron chi connectivity index (χ1n) is 15.3. The number of unbranched alkanes of at least 4 members (excludes halogenated alkanes) is 15. The minimum Gasteiger partial charge on any atom is -0.550 e. The Bertz CT molecular complexity index is 529. The van der Waals surface area contributed by atoms with E-state index in [1.165, 1.54) is 103 Å². The molecule has 0 saturated carbocycles. The molecule has 0 bridgehead atoms. The number of nitrogens with zero attached hydrogens (tertiary/aromatic N) is 1. The molecule has 0 aromatic rings. The summed E-state index contributed by atoms with van der Waals surface area (Å²) in [7, 11) is 5.86. The predicted molar refractivity (Wildman–Crippen MR) is 150 cm³/mol. The van der Waals surface area contributed by atoms with Crippen LogP contribution in [0.4, 0.5) is 0 Å². The van der Waals surface area contributed by atoms with Crippen LogP contribution in [-0.2, 0) is 14.3 Å². The van der Waals surface area contributed by atoms with Crippen LogP contribution in [0.15, 0.2) is 0 Å². The maximum atomic E-state index is 12.1. The Morgan fingerprint density at radius 2 is 1.11 bits per heavy atom. The van der Waals surface area contributed by atoms with E-state index in [0.717, 1.165) is 25.2 Å². The molecule has 5 heteroatoms. The fourth-order valence-corrected chi connectivity index (χ4v) is 4.96. The number of carboxylic acid groups (broad SMARTS) is 1. The molecule has 0 amide bonds. The average Bonchev–Trinajstić information content (AvgIpc) is 2.77. The van der Waals surface area contributed by atoms with Gasteiger partial charge in [0.25, 0.3) is 0 Å². The van der Waals surface area contributed by atoms with Crippen LogP contribution >= 0.6 is 0 Å². The van der Waals surface area contributed by atoms with E-state index in [2.05, 4.69) is 13.8 Å². The highest BCUT2D eigenvalue weighted by Gasteiger charge is 2.22. The van der Waals surface area contributed by atoms with Gasteiger partial charge < -0.3 is 19.1 Å². The van der Waals surface area contributed by atoms with Crippen LogP contribution in [0.5, 0.6) is 0 Å². The molecule has 0 aliphatic rings. The molecule has 0 saturated heterocycles. The number of hydrogen-bond acceptors (Lipinski definition) is 4. The Kier molecular flexibility index (Phi) is 22.3. The summed E-state index contributed by atoms with van der Waals surface area (Å²) in [4.78, 5) is 23.0. The third kappa shape index (κ3) is 26.0. The van der Waals surface area contributed by atoms with Crippen molar-refractivity contribution >= 4 is 11.9 Å². The van der Waals surface area contributed by atoms with Gasteiger partial charge in [-0.1, -0.05) is 129 Å². The summed E-state index contributed by atoms with van der Waals surface area (Å²) in [5.41, 5.74) is 0. The summed E-state index contributed by atoms with van der Waals surface area (Å²) >= 11 is 0. The number of ether oxygens (including phenoxy) is 1. The first-order chi connectivity index (χ1) is 17.1. The maximum absolute atomic E-state index is 12.1. The lowest BCUT2D eigenvalue weighted by Gasteiger charge is -2.29. The third-order valence-corrected chi connectivity index (χ3v) is 7.07. The highest BCUT2D eigenvalue weighted by molar-refractivity contribution is 5.70. The number of likely N-dealkylation sites (N-methyl/N-ethyl adjacent to an activating group) is 1. The van der Waals surface area contributed by atoms with Gasteiger partial charge in [-0.15, -0.1) is 0 Å². The zero-order valence-corrected chi connectivity index (χ0v) is 24.8. The minimum atomic E-state index is -1.17. The number of carbonyl (C=O) groups excluding carboxylic acids is 2. The van der Waals surface area contributed by atoms with Crippen molar-refractivity contribution in [1.29, 1.82) is 0 Å². The van der Waals surface area contributed by atoms with E-state index < -0.39 is 12.1 Å². The first-order valence-corrected chi connectivity index (χ1v) is 15.3. The molecule has 214 valence electrons. The van der Waals surface area contributed by atoms with E-state index in [9.17, 15) is 14.7 Å². The number of carboxylic acids is 1. The lowest BCUT2D eigenvalue weighted by atomic mass is 9.95. The third-order valence-electron chi connectivity index (χ3n) is 7.07. The smallest absolute Gasteiger partial charge is 0.306 e. The van der Waals surface area contributed by atoms with Gasteiger partial charge in [0.1, 0.15) is 6.54 Å². The van der Waals surface area contributed by atoms with Crippen LogP contribution in [0.25, 0.3) is 0 Å². The van der Waals surface area contributed by atoms with Crippen molar-refractivity contribution in [3.63, 3.8) is 0 Å². The van der Waals surface area contributed by atoms with E-state index in [1.807, 2.05) is 21.1 Å². The summed E-state index contributed by atoms with van der Waals surface area (Å²) < 4.78 is 5.96. The van der Waals surface area contributed by atoms with Crippen molar-refractivity contribution in [2.75, 3.05) is 27.7 Å². The summed E-state index contributed by atoms with van der Waals surface area (Å²) in [6, 6.07) is 0. The second-order valence-corrected chi connectivity index (χ2v) is 12.3. The van der Waals surface area contributed by atoms with E-state index in [4.69, 9.17) is 4.74 Å². The molecule has 2 atom stereocenters. The normalized spacial score (nSPS) is 13.5. The minimum absolute atomic E-state index is 0.237. The molecule has 2 unspecified atom stereocenters. The van der Waals surface area contributed by atoms with Crippen LogP contribution in [0, 0.1) is 5.92 Å². The van der Waals surface area contributed by atoms with Crippen LogP contribution < -0.4 is 5.11 Å². The van der Waals surface area contributed by atoms with Crippen LogP contribution in [-0.4, -0.2) is 50.2 Å². The van der Waals surface area contributed by atoms with Crippen LogP contribution in [0.1, 0.15) is 149 Å². The van der Waals surface area contributed by atoms with Crippen molar-refractivity contribution in [1.82, 2.24) is 0 Å². The molecule has 0 N–H and O–H groups in total. The average molecular weight is 512 g/mol. The standard InChI is InChI=1S/C31H61NO4/c1-6-7-8-9-10-11-14-17-20-23-28(2)24-21-18-15-12-13-16-19-22-25-31(35)36-29(26-30(33)34)27-32(3,4)5/h28-29H,6-27H2,1-5H3. The van der Waals surface area contributed by atoms with Gasteiger partial charge in [-0.3, -0.25) is 4.79 Å². The monoisotopic (exact) mass is 511 g/mol. The summed E-state index contributed by atoms with van der Waals surface area (Å²) in [6.07, 6.45) is 24.6. The SMILES string of the molecule is CCCCCCCCCCCC(C)CCCCCCCCCCC(=O)OC(CC(=O)[O-])C[N+](C)(C)C. The van der Waals surface area contributed by atoms with Crippen molar-refractivity contribution in [3.8, 4) is 0 Å². The molecule has 36 heavy (non-hydrogen) atoms.